The molecule has 1 saturated heterocycles. The van der Waals surface area contributed by atoms with Crippen LogP contribution in [0.15, 0.2) is 0 Å². The predicted molar refractivity (Wildman–Crippen MR) is 71.9 cm³/mol. The van der Waals surface area contributed by atoms with Crippen molar-refractivity contribution >= 4 is 0 Å². The molecule has 1 fully saturated rings. The van der Waals surface area contributed by atoms with Gasteiger partial charge in [0.2, 0.25) is 0 Å². The molecule has 0 radical (unpaired) electrons. The second kappa shape index (κ2) is 6.02. The summed E-state index contributed by atoms with van der Waals surface area (Å²) in [5.74, 6) is 0. The zero-order chi connectivity index (χ0) is 12.2. The van der Waals surface area contributed by atoms with Crippen molar-refractivity contribution in [3.8, 4) is 0 Å². The normalized spacial score (nSPS) is 27.9. The summed E-state index contributed by atoms with van der Waals surface area (Å²) in [5.41, 5.74) is 0.283. The van der Waals surface area contributed by atoms with Gasteiger partial charge in [0.25, 0.3) is 0 Å². The highest BCUT2D eigenvalue weighted by atomic mass is 15.3. The van der Waals surface area contributed by atoms with Crippen LogP contribution in [0.3, 0.4) is 0 Å². The van der Waals surface area contributed by atoms with Crippen LogP contribution in [-0.4, -0.2) is 35.6 Å². The quantitative estimate of drug-likeness (QED) is 0.725. The Morgan fingerprint density at radius 1 is 1.38 bits per heavy atom. The molecule has 0 bridgehead atoms. The monoisotopic (exact) mass is 226 g/mol. The van der Waals surface area contributed by atoms with Crippen molar-refractivity contribution in [1.29, 1.82) is 0 Å². The Morgan fingerprint density at radius 3 is 2.69 bits per heavy atom. The van der Waals surface area contributed by atoms with Gasteiger partial charge in [-0.25, -0.2) is 0 Å². The van der Waals surface area contributed by atoms with Crippen LogP contribution >= 0.6 is 0 Å². The Labute approximate surface area is 102 Å². The van der Waals surface area contributed by atoms with Crippen LogP contribution in [0, 0.1) is 0 Å². The van der Waals surface area contributed by atoms with E-state index in [0.717, 1.165) is 12.6 Å². The van der Waals surface area contributed by atoms with E-state index in [-0.39, 0.29) is 5.54 Å². The first kappa shape index (κ1) is 14.0. The molecule has 0 aromatic rings. The lowest BCUT2D eigenvalue weighted by molar-refractivity contribution is 0.0647. The maximum absolute atomic E-state index is 3.62. The highest BCUT2D eigenvalue weighted by Crippen LogP contribution is 2.20. The Kier molecular flexibility index (Phi) is 5.26. The van der Waals surface area contributed by atoms with Crippen LogP contribution in [0.4, 0.5) is 0 Å². The fourth-order valence-electron chi connectivity index (χ4n) is 2.66. The van der Waals surface area contributed by atoms with E-state index in [4.69, 9.17) is 0 Å². The lowest BCUT2D eigenvalue weighted by Gasteiger charge is -2.46. The zero-order valence-corrected chi connectivity index (χ0v) is 11.8. The topological polar surface area (TPSA) is 15.3 Å². The number of hydrogen-bond donors (Lipinski definition) is 1. The van der Waals surface area contributed by atoms with Gasteiger partial charge in [0.15, 0.2) is 0 Å². The molecule has 16 heavy (non-hydrogen) atoms. The maximum Gasteiger partial charge on any atom is 0.0253 e. The van der Waals surface area contributed by atoms with Gasteiger partial charge in [-0.15, -0.1) is 0 Å². The molecule has 0 aromatic carbocycles. The highest BCUT2D eigenvalue weighted by Gasteiger charge is 2.32. The molecule has 1 aliphatic heterocycles. The first-order valence-corrected chi connectivity index (χ1v) is 6.97. The van der Waals surface area contributed by atoms with E-state index in [1.165, 1.54) is 32.2 Å². The van der Waals surface area contributed by atoms with Gasteiger partial charge in [0.05, 0.1) is 0 Å². The van der Waals surface area contributed by atoms with Crippen molar-refractivity contribution in [2.45, 2.75) is 77.9 Å². The van der Waals surface area contributed by atoms with E-state index < -0.39 is 0 Å². The second-order valence-corrected chi connectivity index (χ2v) is 6.13. The molecule has 96 valence electrons. The summed E-state index contributed by atoms with van der Waals surface area (Å²) in [6.45, 7) is 14.0. The summed E-state index contributed by atoms with van der Waals surface area (Å²) in [7, 11) is 0. The standard InChI is InChI=1S/C14H30N2/c1-6-7-8-9-12(2)16-11-14(4,5)15-10-13(16)3/h12-13,15H,6-11H2,1-5H3. The fraction of sp³-hybridized carbons (Fsp3) is 1.00. The Bertz CT molecular complexity index is 201. The maximum atomic E-state index is 3.62. The minimum absolute atomic E-state index is 0.283. The van der Waals surface area contributed by atoms with Gasteiger partial charge in [-0.3, -0.25) is 4.90 Å². The molecule has 2 nitrogen and oxygen atoms in total. The van der Waals surface area contributed by atoms with Crippen molar-refractivity contribution in [3.63, 3.8) is 0 Å². The SMILES string of the molecule is CCCCCC(C)N1CC(C)(C)NCC1C. The third kappa shape index (κ3) is 4.06. The zero-order valence-electron chi connectivity index (χ0n) is 11.8. The molecule has 0 amide bonds. The number of hydrogen-bond acceptors (Lipinski definition) is 2. The van der Waals surface area contributed by atoms with Crippen LogP contribution < -0.4 is 5.32 Å². The number of unbranched alkanes of at least 4 members (excludes halogenated alkanes) is 2. The van der Waals surface area contributed by atoms with Crippen molar-refractivity contribution in [2.75, 3.05) is 13.1 Å². The van der Waals surface area contributed by atoms with E-state index in [1.54, 1.807) is 0 Å². The molecule has 0 aliphatic carbocycles. The van der Waals surface area contributed by atoms with Gasteiger partial charge in [0, 0.05) is 30.7 Å². The minimum atomic E-state index is 0.283. The molecule has 1 N–H and O–H groups in total. The average molecular weight is 226 g/mol. The summed E-state index contributed by atoms with van der Waals surface area (Å²) in [6, 6.07) is 1.42. The Hall–Kier alpha value is -0.0800. The van der Waals surface area contributed by atoms with E-state index in [1.807, 2.05) is 0 Å². The lowest BCUT2D eigenvalue weighted by Crippen LogP contribution is -2.62. The van der Waals surface area contributed by atoms with Crippen LogP contribution in [0.25, 0.3) is 0 Å². The van der Waals surface area contributed by atoms with E-state index in [0.29, 0.717) is 6.04 Å². The van der Waals surface area contributed by atoms with Crippen molar-refractivity contribution < 1.29 is 0 Å². The van der Waals surface area contributed by atoms with Crippen LogP contribution in [0.5, 0.6) is 0 Å². The number of piperazine rings is 1. The molecule has 0 spiro atoms. The molecule has 1 rings (SSSR count). The number of nitrogens with one attached hydrogen (secondary N) is 1. The molecule has 2 atom stereocenters. The van der Waals surface area contributed by atoms with Crippen molar-refractivity contribution in [3.05, 3.63) is 0 Å². The van der Waals surface area contributed by atoms with Crippen molar-refractivity contribution in [1.82, 2.24) is 10.2 Å². The first-order chi connectivity index (χ1) is 7.46. The second-order valence-electron chi connectivity index (χ2n) is 6.13. The Morgan fingerprint density at radius 2 is 2.06 bits per heavy atom. The van der Waals surface area contributed by atoms with E-state index in [9.17, 15) is 0 Å². The fourth-order valence-corrected chi connectivity index (χ4v) is 2.66. The first-order valence-electron chi connectivity index (χ1n) is 6.97. The summed E-state index contributed by atoms with van der Waals surface area (Å²) >= 11 is 0. The number of nitrogens with zero attached hydrogens (tertiary/aromatic N) is 1. The third-order valence-corrected chi connectivity index (χ3v) is 3.81. The highest BCUT2D eigenvalue weighted by molar-refractivity contribution is 4.92. The van der Waals surface area contributed by atoms with Crippen LogP contribution in [0.2, 0.25) is 0 Å². The molecular formula is C14H30N2. The van der Waals surface area contributed by atoms with Gasteiger partial charge in [-0.05, 0) is 34.1 Å². The molecule has 2 heteroatoms. The lowest BCUT2D eigenvalue weighted by atomic mass is 9.96. The van der Waals surface area contributed by atoms with Gasteiger partial charge in [-0.2, -0.15) is 0 Å². The smallest absolute Gasteiger partial charge is 0.0253 e. The van der Waals surface area contributed by atoms with E-state index in [2.05, 4.69) is 44.8 Å². The van der Waals surface area contributed by atoms with Gasteiger partial charge in [0.1, 0.15) is 0 Å². The summed E-state index contributed by atoms with van der Waals surface area (Å²) in [6.07, 6.45) is 5.45. The predicted octanol–water partition coefficient (Wildman–Crippen LogP) is 3.03. The molecule has 1 heterocycles. The molecular weight excluding hydrogens is 196 g/mol. The van der Waals surface area contributed by atoms with Gasteiger partial charge < -0.3 is 5.32 Å². The molecule has 1 aliphatic rings. The van der Waals surface area contributed by atoms with E-state index >= 15 is 0 Å². The minimum Gasteiger partial charge on any atom is -0.309 e. The third-order valence-electron chi connectivity index (χ3n) is 3.81. The van der Waals surface area contributed by atoms with Crippen LogP contribution in [0.1, 0.15) is 60.3 Å². The van der Waals surface area contributed by atoms with Gasteiger partial charge in [-0.1, -0.05) is 26.2 Å². The largest absolute Gasteiger partial charge is 0.309 e. The molecule has 0 aromatic heterocycles. The summed E-state index contributed by atoms with van der Waals surface area (Å²) < 4.78 is 0. The van der Waals surface area contributed by atoms with Crippen molar-refractivity contribution in [2.24, 2.45) is 0 Å². The molecule has 0 saturated carbocycles. The number of rotatable bonds is 5. The van der Waals surface area contributed by atoms with Crippen LogP contribution in [-0.2, 0) is 0 Å². The average Bonchev–Trinajstić information content (AvgIpc) is 2.22. The van der Waals surface area contributed by atoms with Gasteiger partial charge >= 0.3 is 0 Å². The molecule has 2 unspecified atom stereocenters. The Balaban J connectivity index is 2.42. The summed E-state index contributed by atoms with van der Waals surface area (Å²) in [4.78, 5) is 2.69. The summed E-state index contributed by atoms with van der Waals surface area (Å²) in [5, 5.41) is 3.62.